The molecule has 0 aliphatic heterocycles. The van der Waals surface area contributed by atoms with E-state index < -0.39 is 0 Å². The predicted octanol–water partition coefficient (Wildman–Crippen LogP) is 5.83. The molecule has 2 amide bonds. The fraction of sp³-hybridized carbons (Fsp3) is 0.464. The number of rotatable bonds is 6. The summed E-state index contributed by atoms with van der Waals surface area (Å²) < 4.78 is 1.85. The van der Waals surface area contributed by atoms with Gasteiger partial charge in [-0.1, -0.05) is 71.0 Å². The van der Waals surface area contributed by atoms with Gasteiger partial charge in [0.2, 0.25) is 5.91 Å². The Balaban J connectivity index is 1.88. The second kappa shape index (κ2) is 9.61. The van der Waals surface area contributed by atoms with E-state index in [0.717, 1.165) is 16.5 Å². The van der Waals surface area contributed by atoms with E-state index in [-0.39, 0.29) is 35.2 Å². The van der Waals surface area contributed by atoms with Crippen LogP contribution in [0.3, 0.4) is 0 Å². The highest BCUT2D eigenvalue weighted by Gasteiger charge is 2.27. The zero-order valence-electron chi connectivity index (χ0n) is 21.8. The second-order valence-corrected chi connectivity index (χ2v) is 11.4. The first-order valence-corrected chi connectivity index (χ1v) is 12.0. The fourth-order valence-electron chi connectivity index (χ4n) is 3.95. The molecule has 0 radical (unpaired) electrons. The third kappa shape index (κ3) is 5.85. The van der Waals surface area contributed by atoms with Crippen molar-refractivity contribution in [2.24, 2.45) is 5.92 Å². The van der Waals surface area contributed by atoms with Crippen LogP contribution in [-0.2, 0) is 15.7 Å². The quantitative estimate of drug-likeness (QED) is 0.501. The van der Waals surface area contributed by atoms with E-state index in [2.05, 4.69) is 46.9 Å². The van der Waals surface area contributed by atoms with Gasteiger partial charge in [-0.3, -0.25) is 9.59 Å². The van der Waals surface area contributed by atoms with E-state index in [9.17, 15) is 9.59 Å². The Kier molecular flexibility index (Phi) is 7.20. The van der Waals surface area contributed by atoms with Crippen molar-refractivity contribution in [2.75, 3.05) is 18.4 Å². The molecule has 0 aliphatic carbocycles. The first-order valence-electron chi connectivity index (χ1n) is 12.0. The highest BCUT2D eigenvalue weighted by molar-refractivity contribution is 6.08. The molecule has 1 N–H and O–H groups in total. The molecule has 0 saturated heterocycles. The Labute approximate surface area is 203 Å². The van der Waals surface area contributed by atoms with Gasteiger partial charge in [-0.05, 0) is 43.5 Å². The van der Waals surface area contributed by atoms with Gasteiger partial charge in [0, 0.05) is 23.6 Å². The number of aromatic nitrogens is 2. The Hall–Kier alpha value is -3.15. The molecule has 3 aromatic rings. The zero-order chi connectivity index (χ0) is 25.3. The van der Waals surface area contributed by atoms with Gasteiger partial charge in [-0.2, -0.15) is 5.10 Å². The van der Waals surface area contributed by atoms with Crippen LogP contribution in [0.15, 0.2) is 48.5 Å². The van der Waals surface area contributed by atoms with Gasteiger partial charge >= 0.3 is 0 Å². The first kappa shape index (κ1) is 25.5. The number of nitrogens with one attached hydrogen (secondary N) is 1. The van der Waals surface area contributed by atoms with E-state index in [1.165, 1.54) is 0 Å². The van der Waals surface area contributed by atoms with Gasteiger partial charge in [0.25, 0.3) is 5.91 Å². The lowest BCUT2D eigenvalue weighted by Crippen LogP contribution is -2.40. The SMILES string of the molecule is CC(C)CN(CC(=O)Nc1cc(C(C)(C)C)nn1C(C)(C)C)C(=O)c1cccc2ccccc12. The maximum atomic E-state index is 13.6. The summed E-state index contributed by atoms with van der Waals surface area (Å²) in [4.78, 5) is 28.4. The molecule has 0 atom stereocenters. The molecule has 182 valence electrons. The minimum atomic E-state index is -0.303. The molecule has 34 heavy (non-hydrogen) atoms. The number of benzene rings is 2. The molecule has 0 aliphatic rings. The number of amides is 2. The third-order valence-corrected chi connectivity index (χ3v) is 5.61. The highest BCUT2D eigenvalue weighted by Crippen LogP contribution is 2.28. The average molecular weight is 463 g/mol. The fourth-order valence-corrected chi connectivity index (χ4v) is 3.95. The molecular formula is C28H38N4O2. The Morgan fingerprint density at radius 2 is 1.65 bits per heavy atom. The summed E-state index contributed by atoms with van der Waals surface area (Å²) >= 11 is 0. The number of carbonyl (C=O) groups is 2. The summed E-state index contributed by atoms with van der Waals surface area (Å²) in [6.07, 6.45) is 0. The Morgan fingerprint density at radius 3 is 2.26 bits per heavy atom. The van der Waals surface area contributed by atoms with E-state index in [0.29, 0.717) is 17.9 Å². The van der Waals surface area contributed by atoms with Gasteiger partial charge < -0.3 is 10.2 Å². The van der Waals surface area contributed by atoms with Crippen molar-refractivity contribution in [3.8, 4) is 0 Å². The smallest absolute Gasteiger partial charge is 0.254 e. The summed E-state index contributed by atoms with van der Waals surface area (Å²) in [5.41, 5.74) is 1.07. The van der Waals surface area contributed by atoms with E-state index in [1.54, 1.807) is 4.90 Å². The van der Waals surface area contributed by atoms with E-state index in [1.807, 2.05) is 67.1 Å². The van der Waals surface area contributed by atoms with Crippen molar-refractivity contribution in [3.63, 3.8) is 0 Å². The van der Waals surface area contributed by atoms with Gasteiger partial charge in [0.15, 0.2) is 0 Å². The van der Waals surface area contributed by atoms with Crippen LogP contribution >= 0.6 is 0 Å². The summed E-state index contributed by atoms with van der Waals surface area (Å²) in [5, 5.41) is 9.69. The summed E-state index contributed by atoms with van der Waals surface area (Å²) in [6.45, 7) is 17.0. The number of hydrogen-bond acceptors (Lipinski definition) is 3. The molecule has 1 aromatic heterocycles. The molecule has 1 heterocycles. The number of fused-ring (bicyclic) bond motifs is 1. The molecular weight excluding hydrogens is 424 g/mol. The van der Waals surface area contributed by atoms with Crippen LogP contribution in [0.25, 0.3) is 10.8 Å². The molecule has 0 fully saturated rings. The summed E-state index contributed by atoms with van der Waals surface area (Å²) in [6, 6.07) is 15.5. The molecule has 0 spiro atoms. The van der Waals surface area contributed by atoms with Crippen LogP contribution in [0.2, 0.25) is 0 Å². The number of anilines is 1. The topological polar surface area (TPSA) is 67.2 Å². The van der Waals surface area contributed by atoms with Crippen molar-refractivity contribution in [1.82, 2.24) is 14.7 Å². The van der Waals surface area contributed by atoms with Crippen LogP contribution in [0.4, 0.5) is 5.82 Å². The van der Waals surface area contributed by atoms with Crippen molar-refractivity contribution in [1.29, 1.82) is 0 Å². The maximum absolute atomic E-state index is 13.6. The Bertz CT molecular complexity index is 1170. The highest BCUT2D eigenvalue weighted by atomic mass is 16.2. The van der Waals surface area contributed by atoms with Crippen molar-refractivity contribution in [2.45, 2.75) is 66.3 Å². The molecule has 0 saturated carbocycles. The minimum Gasteiger partial charge on any atom is -0.329 e. The largest absolute Gasteiger partial charge is 0.329 e. The molecule has 0 unspecified atom stereocenters. The first-order chi connectivity index (χ1) is 15.8. The van der Waals surface area contributed by atoms with Crippen LogP contribution < -0.4 is 5.32 Å². The number of carbonyl (C=O) groups excluding carboxylic acids is 2. The van der Waals surface area contributed by atoms with Crippen molar-refractivity contribution >= 4 is 28.4 Å². The second-order valence-electron chi connectivity index (χ2n) is 11.4. The number of hydrogen-bond donors (Lipinski definition) is 1. The maximum Gasteiger partial charge on any atom is 0.254 e. The normalized spacial score (nSPS) is 12.3. The van der Waals surface area contributed by atoms with Crippen LogP contribution in [0, 0.1) is 5.92 Å². The van der Waals surface area contributed by atoms with Gasteiger partial charge in [-0.15, -0.1) is 0 Å². The summed E-state index contributed by atoms with van der Waals surface area (Å²) in [7, 11) is 0. The van der Waals surface area contributed by atoms with E-state index in [4.69, 9.17) is 5.10 Å². The molecule has 0 bridgehead atoms. The molecule has 6 heteroatoms. The number of nitrogens with zero attached hydrogens (tertiary/aromatic N) is 3. The Morgan fingerprint density at radius 1 is 1.00 bits per heavy atom. The molecule has 6 nitrogen and oxygen atoms in total. The lowest BCUT2D eigenvalue weighted by atomic mass is 9.92. The van der Waals surface area contributed by atoms with Crippen molar-refractivity contribution < 1.29 is 9.59 Å². The lowest BCUT2D eigenvalue weighted by molar-refractivity contribution is -0.117. The monoisotopic (exact) mass is 462 g/mol. The lowest BCUT2D eigenvalue weighted by Gasteiger charge is -2.26. The summed E-state index contributed by atoms with van der Waals surface area (Å²) in [5.74, 6) is 0.490. The standard InChI is InChI=1S/C28H38N4O2/c1-19(2)17-31(26(34)22-15-11-13-20-12-9-10-14-21(20)22)18-25(33)29-24-16-23(27(3,4)5)30-32(24)28(6,7)8/h9-16,19H,17-18H2,1-8H3,(H,29,33). The zero-order valence-corrected chi connectivity index (χ0v) is 21.8. The molecule has 2 aromatic carbocycles. The minimum absolute atomic E-state index is 0.0274. The van der Waals surface area contributed by atoms with E-state index >= 15 is 0 Å². The van der Waals surface area contributed by atoms with Gasteiger partial charge in [-0.25, -0.2) is 4.68 Å². The van der Waals surface area contributed by atoms with Gasteiger partial charge in [0.05, 0.1) is 11.2 Å². The van der Waals surface area contributed by atoms with Crippen LogP contribution in [0.1, 0.15) is 71.4 Å². The van der Waals surface area contributed by atoms with Crippen molar-refractivity contribution in [3.05, 3.63) is 59.8 Å². The van der Waals surface area contributed by atoms with Gasteiger partial charge in [0.1, 0.15) is 12.4 Å². The van der Waals surface area contributed by atoms with Crippen LogP contribution in [0.5, 0.6) is 0 Å². The predicted molar refractivity (Wildman–Crippen MR) is 139 cm³/mol. The van der Waals surface area contributed by atoms with Crippen LogP contribution in [-0.4, -0.2) is 39.6 Å². The molecule has 3 rings (SSSR count). The average Bonchev–Trinajstić information content (AvgIpc) is 3.17. The third-order valence-electron chi connectivity index (χ3n) is 5.61.